The van der Waals surface area contributed by atoms with E-state index in [1.54, 1.807) is 26.1 Å². The first kappa shape index (κ1) is 26.8. The van der Waals surface area contributed by atoms with Crippen LogP contribution in [0, 0.1) is 12.7 Å². The van der Waals surface area contributed by atoms with Gasteiger partial charge in [0, 0.05) is 36.7 Å². The Balaban J connectivity index is 2.00. The molecule has 0 unspecified atom stereocenters. The van der Waals surface area contributed by atoms with Crippen LogP contribution < -0.4 is 20.5 Å². The van der Waals surface area contributed by atoms with E-state index in [1.165, 1.54) is 25.9 Å². The molecule has 36 heavy (non-hydrogen) atoms. The van der Waals surface area contributed by atoms with Crippen molar-refractivity contribution in [1.82, 2.24) is 14.9 Å². The van der Waals surface area contributed by atoms with E-state index < -0.39 is 23.6 Å². The van der Waals surface area contributed by atoms with Gasteiger partial charge in [-0.05, 0) is 32.0 Å². The number of hydrogen-bond acceptors (Lipinski definition) is 7. The topological polar surface area (TPSA) is 103 Å². The number of nitrogens with zero attached hydrogens (tertiary/aromatic N) is 3. The summed E-state index contributed by atoms with van der Waals surface area (Å²) in [5.41, 5.74) is 4.20. The minimum atomic E-state index is -4.90. The Morgan fingerprint density at radius 1 is 1.19 bits per heavy atom. The third kappa shape index (κ3) is 5.86. The molecule has 1 aromatic heterocycles. The molecule has 12 heteroatoms. The molecule has 3 N–H and O–H groups in total. The van der Waals surface area contributed by atoms with Crippen molar-refractivity contribution in [1.29, 1.82) is 0 Å². The summed E-state index contributed by atoms with van der Waals surface area (Å²) in [5, 5.41) is 3.45. The fourth-order valence-corrected chi connectivity index (χ4v) is 3.56. The average molecular weight is 510 g/mol. The lowest BCUT2D eigenvalue weighted by molar-refractivity contribution is -0.140. The SMILES string of the molecule is COc1cc2nc(C)nc(N[C@H](C)c3cc(N)cc(C(F)(F)F)c3F)c2cc1OCCN(C)C(C)=O. The van der Waals surface area contributed by atoms with Crippen molar-refractivity contribution < 1.29 is 31.8 Å². The zero-order valence-corrected chi connectivity index (χ0v) is 20.5. The summed E-state index contributed by atoms with van der Waals surface area (Å²) in [6, 6.07) is 4.04. The number of hydrogen-bond donors (Lipinski definition) is 2. The Morgan fingerprint density at radius 2 is 1.89 bits per heavy atom. The fourth-order valence-electron chi connectivity index (χ4n) is 3.56. The van der Waals surface area contributed by atoms with E-state index in [2.05, 4.69) is 15.3 Å². The largest absolute Gasteiger partial charge is 0.493 e. The molecule has 0 aliphatic heterocycles. The first-order valence-corrected chi connectivity index (χ1v) is 10.9. The number of alkyl halides is 3. The van der Waals surface area contributed by atoms with Gasteiger partial charge in [-0.3, -0.25) is 4.79 Å². The first-order chi connectivity index (χ1) is 16.8. The maximum Gasteiger partial charge on any atom is 0.419 e. The molecular formula is C24H27F4N5O3. The molecule has 0 bridgehead atoms. The molecule has 3 aromatic rings. The maximum absolute atomic E-state index is 14.8. The van der Waals surface area contributed by atoms with Crippen molar-refractivity contribution >= 4 is 28.3 Å². The molecule has 0 saturated carbocycles. The molecule has 0 spiro atoms. The zero-order valence-electron chi connectivity index (χ0n) is 20.5. The molecule has 1 atom stereocenters. The van der Waals surface area contributed by atoms with Crippen LogP contribution in [0.2, 0.25) is 0 Å². The number of halogens is 4. The molecule has 0 aliphatic carbocycles. The highest BCUT2D eigenvalue weighted by atomic mass is 19.4. The monoisotopic (exact) mass is 509 g/mol. The van der Waals surface area contributed by atoms with Crippen molar-refractivity contribution in [2.75, 3.05) is 38.4 Å². The summed E-state index contributed by atoms with van der Waals surface area (Å²) in [4.78, 5) is 21.7. The van der Waals surface area contributed by atoms with Crippen LogP contribution in [0.4, 0.5) is 29.1 Å². The molecule has 1 heterocycles. The van der Waals surface area contributed by atoms with Crippen molar-refractivity contribution in [3.63, 3.8) is 0 Å². The van der Waals surface area contributed by atoms with Gasteiger partial charge in [-0.25, -0.2) is 14.4 Å². The van der Waals surface area contributed by atoms with Crippen molar-refractivity contribution in [3.8, 4) is 11.5 Å². The van der Waals surface area contributed by atoms with Crippen molar-refractivity contribution in [2.24, 2.45) is 0 Å². The van der Waals surface area contributed by atoms with Crippen LogP contribution in [0.25, 0.3) is 10.9 Å². The lowest BCUT2D eigenvalue weighted by atomic mass is 10.0. The van der Waals surface area contributed by atoms with Gasteiger partial charge < -0.3 is 25.4 Å². The number of nitrogens with two attached hydrogens (primary N) is 1. The summed E-state index contributed by atoms with van der Waals surface area (Å²) >= 11 is 0. The van der Waals surface area contributed by atoms with Gasteiger partial charge in [-0.1, -0.05) is 0 Å². The summed E-state index contributed by atoms with van der Waals surface area (Å²) in [6.07, 6.45) is -4.90. The van der Waals surface area contributed by atoms with E-state index in [4.69, 9.17) is 15.2 Å². The third-order valence-electron chi connectivity index (χ3n) is 5.56. The quantitative estimate of drug-likeness (QED) is 0.335. The first-order valence-electron chi connectivity index (χ1n) is 10.9. The summed E-state index contributed by atoms with van der Waals surface area (Å²) in [5.74, 6) is -0.155. The van der Waals surface area contributed by atoms with E-state index in [0.29, 0.717) is 40.8 Å². The number of likely N-dealkylation sites (N-methyl/N-ethyl adjacent to an activating group) is 1. The van der Waals surface area contributed by atoms with E-state index >= 15 is 0 Å². The number of anilines is 2. The summed E-state index contributed by atoms with van der Waals surface area (Å²) < 4.78 is 65.9. The second-order valence-electron chi connectivity index (χ2n) is 8.26. The number of amides is 1. The van der Waals surface area contributed by atoms with Gasteiger partial charge in [-0.15, -0.1) is 0 Å². The van der Waals surface area contributed by atoms with Crippen LogP contribution in [0.15, 0.2) is 24.3 Å². The number of carbonyl (C=O) groups excluding carboxylic acids is 1. The number of nitrogens with one attached hydrogen (secondary N) is 1. The number of rotatable bonds is 8. The normalized spacial score (nSPS) is 12.4. The second kappa shape index (κ2) is 10.4. The number of aryl methyl sites for hydroxylation is 1. The minimum Gasteiger partial charge on any atom is -0.493 e. The van der Waals surface area contributed by atoms with Crippen LogP contribution in [0.3, 0.4) is 0 Å². The maximum atomic E-state index is 14.8. The molecule has 3 rings (SSSR count). The van der Waals surface area contributed by atoms with E-state index in [-0.39, 0.29) is 29.6 Å². The van der Waals surface area contributed by atoms with Crippen molar-refractivity contribution in [2.45, 2.75) is 33.0 Å². The summed E-state index contributed by atoms with van der Waals surface area (Å²) in [7, 11) is 3.11. The predicted octanol–water partition coefficient (Wildman–Crippen LogP) is 4.72. The highest BCUT2D eigenvalue weighted by Crippen LogP contribution is 2.38. The van der Waals surface area contributed by atoms with Gasteiger partial charge >= 0.3 is 6.18 Å². The van der Waals surface area contributed by atoms with Crippen LogP contribution in [-0.4, -0.2) is 48.1 Å². The number of benzene rings is 2. The van der Waals surface area contributed by atoms with E-state index in [1.807, 2.05) is 0 Å². The average Bonchev–Trinajstić information content (AvgIpc) is 2.79. The predicted molar refractivity (Wildman–Crippen MR) is 127 cm³/mol. The van der Waals surface area contributed by atoms with Crippen LogP contribution >= 0.6 is 0 Å². The molecular weight excluding hydrogens is 482 g/mol. The van der Waals surface area contributed by atoms with Gasteiger partial charge in [0.05, 0.1) is 30.8 Å². The number of ether oxygens (including phenoxy) is 2. The van der Waals surface area contributed by atoms with Gasteiger partial charge in [0.15, 0.2) is 11.5 Å². The Morgan fingerprint density at radius 3 is 2.50 bits per heavy atom. The smallest absolute Gasteiger partial charge is 0.419 e. The molecule has 0 radical (unpaired) electrons. The second-order valence-corrected chi connectivity index (χ2v) is 8.26. The number of nitrogen functional groups attached to an aromatic ring is 1. The number of methoxy groups -OCH3 is 1. The lowest BCUT2D eigenvalue weighted by Gasteiger charge is -2.21. The Bertz CT molecular complexity index is 1280. The van der Waals surface area contributed by atoms with Gasteiger partial charge in [0.2, 0.25) is 5.91 Å². The Hall–Kier alpha value is -3.83. The molecule has 8 nitrogen and oxygen atoms in total. The highest BCUT2D eigenvalue weighted by Gasteiger charge is 2.36. The molecule has 2 aromatic carbocycles. The lowest BCUT2D eigenvalue weighted by Crippen LogP contribution is -2.28. The molecule has 0 fully saturated rings. The van der Waals surface area contributed by atoms with Gasteiger partial charge in [0.1, 0.15) is 24.1 Å². The highest BCUT2D eigenvalue weighted by molar-refractivity contribution is 5.92. The Kier molecular flexibility index (Phi) is 7.75. The molecule has 0 aliphatic rings. The van der Waals surface area contributed by atoms with Crippen molar-refractivity contribution in [3.05, 3.63) is 47.0 Å². The number of aromatic nitrogens is 2. The minimum absolute atomic E-state index is 0.115. The van der Waals surface area contributed by atoms with Gasteiger partial charge in [-0.2, -0.15) is 13.2 Å². The number of fused-ring (bicyclic) bond motifs is 1. The summed E-state index contributed by atoms with van der Waals surface area (Å²) in [6.45, 7) is 5.10. The van der Waals surface area contributed by atoms with Gasteiger partial charge in [0.25, 0.3) is 0 Å². The zero-order chi connectivity index (χ0) is 26.8. The molecule has 0 saturated heterocycles. The standard InChI is InChI=1S/C24H27F4N5O3/c1-12(16-8-15(29)9-18(22(16)25)24(26,27)28)30-23-17-10-21(36-7-6-33(4)14(3)34)20(35-5)11-19(17)31-13(2)32-23/h8-12H,6-7,29H2,1-5H3,(H,30,31,32)/t12-/m1/s1. The van der Waals surface area contributed by atoms with E-state index in [9.17, 15) is 22.4 Å². The van der Waals surface area contributed by atoms with Crippen LogP contribution in [0.1, 0.15) is 36.8 Å². The van der Waals surface area contributed by atoms with Crippen LogP contribution in [-0.2, 0) is 11.0 Å². The molecule has 1 amide bonds. The van der Waals surface area contributed by atoms with Crippen LogP contribution in [0.5, 0.6) is 11.5 Å². The number of carbonyl (C=O) groups is 1. The Labute approximate surface area is 205 Å². The molecule has 194 valence electrons. The third-order valence-corrected chi connectivity index (χ3v) is 5.56. The fraction of sp³-hybridized carbons (Fsp3) is 0.375. The van der Waals surface area contributed by atoms with E-state index in [0.717, 1.165) is 6.07 Å².